The lowest BCUT2D eigenvalue weighted by Crippen LogP contribution is -2.51. The van der Waals surface area contributed by atoms with Crippen LogP contribution in [0.15, 0.2) is 24.3 Å². The monoisotopic (exact) mass is 305 g/mol. The molecule has 3 rings (SSSR count). The first kappa shape index (κ1) is 15.4. The Morgan fingerprint density at radius 3 is 2.41 bits per heavy atom. The van der Waals surface area contributed by atoms with E-state index in [0.29, 0.717) is 18.7 Å². The predicted octanol–water partition coefficient (Wildman–Crippen LogP) is 1.78. The zero-order valence-corrected chi connectivity index (χ0v) is 12.9. The van der Waals surface area contributed by atoms with E-state index in [-0.39, 0.29) is 11.7 Å². The number of carbonyl (C=O) groups excluding carboxylic acids is 1. The summed E-state index contributed by atoms with van der Waals surface area (Å²) in [5.41, 5.74) is 0.521. The number of amides is 1. The number of piperidine rings is 1. The molecule has 0 bridgehead atoms. The number of likely N-dealkylation sites (tertiary alicyclic amines) is 1. The van der Waals surface area contributed by atoms with Crippen LogP contribution in [0.1, 0.15) is 30.9 Å². The Bertz CT molecular complexity index is 510. The molecule has 0 aliphatic carbocycles. The minimum absolute atomic E-state index is 0.0495. The van der Waals surface area contributed by atoms with E-state index in [9.17, 15) is 9.18 Å². The smallest absolute Gasteiger partial charge is 0.244 e. The molecule has 120 valence electrons. The topological polar surface area (TPSA) is 35.6 Å². The standard InChI is InChI=1S/C17H24FN3O/c18-15-7-3-2-6-14(15)16(20-10-4-1-5-11-20)17(22)21-12-8-19-9-13-21/h2-3,6-7,16,19H,1,4-5,8-13H2. The Kier molecular flexibility index (Phi) is 5.05. The summed E-state index contributed by atoms with van der Waals surface area (Å²) in [4.78, 5) is 17.1. The second-order valence-corrected chi connectivity index (χ2v) is 6.10. The summed E-state index contributed by atoms with van der Waals surface area (Å²) < 4.78 is 14.3. The maximum atomic E-state index is 14.3. The van der Waals surface area contributed by atoms with Crippen molar-refractivity contribution in [3.05, 3.63) is 35.6 Å². The van der Waals surface area contributed by atoms with Gasteiger partial charge in [0.25, 0.3) is 0 Å². The van der Waals surface area contributed by atoms with E-state index in [1.807, 2.05) is 11.0 Å². The van der Waals surface area contributed by atoms with Crippen molar-refractivity contribution in [2.24, 2.45) is 0 Å². The molecule has 0 saturated carbocycles. The van der Waals surface area contributed by atoms with Crippen LogP contribution in [0.25, 0.3) is 0 Å². The molecule has 0 radical (unpaired) electrons. The lowest BCUT2D eigenvalue weighted by molar-refractivity contribution is -0.138. The summed E-state index contributed by atoms with van der Waals surface area (Å²) >= 11 is 0. The Hall–Kier alpha value is -1.46. The molecular formula is C17H24FN3O. The highest BCUT2D eigenvalue weighted by Gasteiger charge is 2.34. The van der Waals surface area contributed by atoms with Gasteiger partial charge in [0, 0.05) is 31.7 Å². The molecule has 0 aromatic heterocycles. The highest BCUT2D eigenvalue weighted by atomic mass is 19.1. The van der Waals surface area contributed by atoms with Crippen molar-refractivity contribution in [2.75, 3.05) is 39.3 Å². The fraction of sp³-hybridized carbons (Fsp3) is 0.588. The van der Waals surface area contributed by atoms with Crippen LogP contribution in [-0.2, 0) is 4.79 Å². The average Bonchev–Trinajstić information content (AvgIpc) is 2.58. The fourth-order valence-corrected chi connectivity index (χ4v) is 3.42. The molecule has 0 spiro atoms. The summed E-state index contributed by atoms with van der Waals surface area (Å²) in [6, 6.07) is 6.24. The predicted molar refractivity (Wildman–Crippen MR) is 84.0 cm³/mol. The van der Waals surface area contributed by atoms with E-state index >= 15 is 0 Å². The van der Waals surface area contributed by atoms with Crippen LogP contribution in [-0.4, -0.2) is 55.0 Å². The molecule has 1 unspecified atom stereocenters. The summed E-state index contributed by atoms with van der Waals surface area (Å²) in [6.45, 7) is 4.79. The number of halogens is 1. The van der Waals surface area contributed by atoms with Crippen molar-refractivity contribution < 1.29 is 9.18 Å². The van der Waals surface area contributed by atoms with Crippen LogP contribution in [0.4, 0.5) is 4.39 Å². The lowest BCUT2D eigenvalue weighted by atomic mass is 9.99. The molecule has 2 heterocycles. The third-order valence-electron chi connectivity index (χ3n) is 4.62. The number of benzene rings is 1. The number of piperazine rings is 1. The van der Waals surface area contributed by atoms with Crippen LogP contribution in [0, 0.1) is 5.82 Å². The molecule has 5 heteroatoms. The molecule has 1 aromatic carbocycles. The van der Waals surface area contributed by atoms with Gasteiger partial charge in [-0.05, 0) is 32.0 Å². The first-order valence-electron chi connectivity index (χ1n) is 8.25. The van der Waals surface area contributed by atoms with Crippen molar-refractivity contribution in [1.29, 1.82) is 0 Å². The molecule has 1 atom stereocenters. The third kappa shape index (κ3) is 3.31. The van der Waals surface area contributed by atoms with Gasteiger partial charge in [0.1, 0.15) is 11.9 Å². The molecule has 2 fully saturated rings. The van der Waals surface area contributed by atoms with E-state index in [0.717, 1.165) is 39.0 Å². The number of nitrogens with one attached hydrogen (secondary N) is 1. The highest BCUT2D eigenvalue weighted by molar-refractivity contribution is 5.83. The van der Waals surface area contributed by atoms with Crippen molar-refractivity contribution in [2.45, 2.75) is 25.3 Å². The molecule has 22 heavy (non-hydrogen) atoms. The van der Waals surface area contributed by atoms with Gasteiger partial charge >= 0.3 is 0 Å². The fourth-order valence-electron chi connectivity index (χ4n) is 3.42. The SMILES string of the molecule is O=C(C(c1ccccc1F)N1CCCCC1)N1CCNCC1. The quantitative estimate of drug-likeness (QED) is 0.925. The Morgan fingerprint density at radius 1 is 1.05 bits per heavy atom. The molecular weight excluding hydrogens is 281 g/mol. The van der Waals surface area contributed by atoms with Crippen LogP contribution in [0.3, 0.4) is 0 Å². The van der Waals surface area contributed by atoms with Crippen molar-refractivity contribution in [1.82, 2.24) is 15.1 Å². The summed E-state index contributed by atoms with van der Waals surface area (Å²) in [7, 11) is 0. The first-order chi connectivity index (χ1) is 10.8. The molecule has 4 nitrogen and oxygen atoms in total. The van der Waals surface area contributed by atoms with Gasteiger partial charge in [-0.15, -0.1) is 0 Å². The van der Waals surface area contributed by atoms with Crippen LogP contribution >= 0.6 is 0 Å². The van der Waals surface area contributed by atoms with Crippen molar-refractivity contribution in [3.8, 4) is 0 Å². The third-order valence-corrected chi connectivity index (χ3v) is 4.62. The van der Waals surface area contributed by atoms with Gasteiger partial charge in [-0.3, -0.25) is 9.69 Å². The Morgan fingerprint density at radius 2 is 1.73 bits per heavy atom. The lowest BCUT2D eigenvalue weighted by Gasteiger charge is -2.38. The van der Waals surface area contributed by atoms with Gasteiger partial charge in [0.2, 0.25) is 5.91 Å². The van der Waals surface area contributed by atoms with Gasteiger partial charge in [0.05, 0.1) is 0 Å². The van der Waals surface area contributed by atoms with Gasteiger partial charge in [0.15, 0.2) is 0 Å². The minimum Gasteiger partial charge on any atom is -0.338 e. The zero-order valence-electron chi connectivity index (χ0n) is 12.9. The van der Waals surface area contributed by atoms with Crippen LogP contribution in [0.2, 0.25) is 0 Å². The van der Waals surface area contributed by atoms with Crippen molar-refractivity contribution in [3.63, 3.8) is 0 Å². The van der Waals surface area contributed by atoms with E-state index in [4.69, 9.17) is 0 Å². The number of rotatable bonds is 3. The second kappa shape index (κ2) is 7.20. The maximum Gasteiger partial charge on any atom is 0.244 e. The van der Waals surface area contributed by atoms with Crippen LogP contribution in [0.5, 0.6) is 0 Å². The maximum absolute atomic E-state index is 14.3. The number of carbonyl (C=O) groups is 1. The molecule has 1 N–H and O–H groups in total. The Balaban J connectivity index is 1.88. The minimum atomic E-state index is -0.473. The summed E-state index contributed by atoms with van der Waals surface area (Å²) in [5, 5.41) is 3.26. The van der Waals surface area contributed by atoms with E-state index in [1.165, 1.54) is 12.5 Å². The molecule has 2 saturated heterocycles. The van der Waals surface area contributed by atoms with Gasteiger partial charge in [-0.25, -0.2) is 4.39 Å². The van der Waals surface area contributed by atoms with Gasteiger partial charge in [-0.2, -0.15) is 0 Å². The summed E-state index contributed by atoms with van der Waals surface area (Å²) in [6.07, 6.45) is 3.36. The highest BCUT2D eigenvalue weighted by Crippen LogP contribution is 2.28. The number of hydrogen-bond donors (Lipinski definition) is 1. The van der Waals surface area contributed by atoms with Gasteiger partial charge in [-0.1, -0.05) is 24.6 Å². The van der Waals surface area contributed by atoms with E-state index in [2.05, 4.69) is 10.2 Å². The Labute approximate surface area is 131 Å². The normalized spacial score (nSPS) is 21.6. The van der Waals surface area contributed by atoms with E-state index in [1.54, 1.807) is 12.1 Å². The first-order valence-corrected chi connectivity index (χ1v) is 8.25. The van der Waals surface area contributed by atoms with Gasteiger partial charge < -0.3 is 10.2 Å². The molecule has 2 aliphatic heterocycles. The number of hydrogen-bond acceptors (Lipinski definition) is 3. The molecule has 2 aliphatic rings. The molecule has 1 aromatic rings. The van der Waals surface area contributed by atoms with Crippen LogP contribution < -0.4 is 5.32 Å². The van der Waals surface area contributed by atoms with E-state index < -0.39 is 6.04 Å². The zero-order chi connectivity index (χ0) is 15.4. The largest absolute Gasteiger partial charge is 0.338 e. The van der Waals surface area contributed by atoms with Crippen molar-refractivity contribution >= 4 is 5.91 Å². The second-order valence-electron chi connectivity index (χ2n) is 6.10. The molecule has 1 amide bonds. The summed E-state index contributed by atoms with van der Waals surface area (Å²) in [5.74, 6) is -0.227. The number of nitrogens with zero attached hydrogens (tertiary/aromatic N) is 2. The average molecular weight is 305 g/mol.